The first kappa shape index (κ1) is 25.4. The molecule has 1 aromatic carbocycles. The maximum absolute atomic E-state index is 13.1. The average Bonchev–Trinajstić information content (AvgIpc) is 2.77. The van der Waals surface area contributed by atoms with Gasteiger partial charge < -0.3 is 14.2 Å². The second kappa shape index (κ2) is 11.6. The van der Waals surface area contributed by atoms with Gasteiger partial charge in [0.1, 0.15) is 11.3 Å². The van der Waals surface area contributed by atoms with E-state index in [4.69, 9.17) is 14.2 Å². The minimum absolute atomic E-state index is 0.0396. The van der Waals surface area contributed by atoms with Crippen LogP contribution in [-0.4, -0.2) is 59.2 Å². The minimum atomic E-state index is -3.77. The van der Waals surface area contributed by atoms with Crippen molar-refractivity contribution in [3.63, 3.8) is 0 Å². The molecular formula is C23H35NO6S. The second-order valence-corrected chi connectivity index (χ2v) is 10.4. The second-order valence-electron chi connectivity index (χ2n) is 8.36. The van der Waals surface area contributed by atoms with Gasteiger partial charge in [-0.2, -0.15) is 0 Å². The molecule has 7 nitrogen and oxygen atoms in total. The van der Waals surface area contributed by atoms with Crippen molar-refractivity contribution in [1.82, 2.24) is 4.31 Å². The highest BCUT2D eigenvalue weighted by atomic mass is 32.2. The first-order valence-electron chi connectivity index (χ1n) is 10.7. The van der Waals surface area contributed by atoms with E-state index in [9.17, 15) is 13.2 Å². The van der Waals surface area contributed by atoms with Crippen molar-refractivity contribution in [2.24, 2.45) is 17.8 Å². The standard InChI is InChI=1S/C23H35NO6S/c1-6-17(2)13-18(3)15-24(4)31(26,27)20-7-8-22(21(14-20)23(25)28-5)30-16-19-9-11-29-12-10-19/h6-8,14,17-19H,1,9-13,15-16H2,2-5H3. The predicted molar refractivity (Wildman–Crippen MR) is 120 cm³/mol. The Balaban J connectivity index is 2.18. The molecule has 2 atom stereocenters. The van der Waals surface area contributed by atoms with E-state index in [1.165, 1.54) is 29.6 Å². The van der Waals surface area contributed by atoms with Gasteiger partial charge in [0.05, 0.1) is 18.6 Å². The van der Waals surface area contributed by atoms with Crippen LogP contribution >= 0.6 is 0 Å². The van der Waals surface area contributed by atoms with Crippen molar-refractivity contribution in [3.8, 4) is 5.75 Å². The number of sulfonamides is 1. The molecule has 174 valence electrons. The number of hydrogen-bond donors (Lipinski definition) is 0. The van der Waals surface area contributed by atoms with Crippen LogP contribution in [0, 0.1) is 17.8 Å². The third kappa shape index (κ3) is 7.05. The topological polar surface area (TPSA) is 82.1 Å². The summed E-state index contributed by atoms with van der Waals surface area (Å²) in [6, 6.07) is 4.36. The number of carbonyl (C=O) groups is 1. The van der Waals surface area contributed by atoms with Gasteiger partial charge in [0.2, 0.25) is 10.0 Å². The lowest BCUT2D eigenvalue weighted by Gasteiger charge is -2.24. The monoisotopic (exact) mass is 453 g/mol. The summed E-state index contributed by atoms with van der Waals surface area (Å²) < 4.78 is 43.6. The van der Waals surface area contributed by atoms with Crippen molar-refractivity contribution >= 4 is 16.0 Å². The van der Waals surface area contributed by atoms with E-state index in [0.29, 0.717) is 44.0 Å². The van der Waals surface area contributed by atoms with Gasteiger partial charge in [-0.25, -0.2) is 17.5 Å². The molecule has 2 rings (SSSR count). The lowest BCUT2D eigenvalue weighted by atomic mass is 9.98. The van der Waals surface area contributed by atoms with Gasteiger partial charge in [0.15, 0.2) is 0 Å². The Morgan fingerprint density at radius 3 is 2.61 bits per heavy atom. The molecular weight excluding hydrogens is 418 g/mol. The molecule has 0 saturated carbocycles. The summed E-state index contributed by atoms with van der Waals surface area (Å²) in [6.45, 7) is 10.1. The van der Waals surface area contributed by atoms with Gasteiger partial charge in [-0.05, 0) is 55.2 Å². The van der Waals surface area contributed by atoms with Crippen LogP contribution < -0.4 is 4.74 Å². The Morgan fingerprint density at radius 1 is 1.32 bits per heavy atom. The molecule has 1 aliphatic rings. The van der Waals surface area contributed by atoms with Crippen LogP contribution in [0.25, 0.3) is 0 Å². The number of allylic oxidation sites excluding steroid dienone is 1. The number of ether oxygens (including phenoxy) is 3. The van der Waals surface area contributed by atoms with E-state index >= 15 is 0 Å². The zero-order valence-corrected chi connectivity index (χ0v) is 19.8. The number of rotatable bonds is 11. The summed E-state index contributed by atoms with van der Waals surface area (Å²) in [5.74, 6) is 0.510. The van der Waals surface area contributed by atoms with E-state index in [0.717, 1.165) is 19.3 Å². The molecule has 0 radical (unpaired) electrons. The highest BCUT2D eigenvalue weighted by Crippen LogP contribution is 2.27. The highest BCUT2D eigenvalue weighted by molar-refractivity contribution is 7.89. The molecule has 1 fully saturated rings. The van der Waals surface area contributed by atoms with Gasteiger partial charge in [0, 0.05) is 26.8 Å². The maximum Gasteiger partial charge on any atom is 0.341 e. The fourth-order valence-electron chi connectivity index (χ4n) is 3.71. The van der Waals surface area contributed by atoms with E-state index in [2.05, 4.69) is 13.5 Å². The summed E-state index contributed by atoms with van der Waals surface area (Å²) in [4.78, 5) is 12.4. The quantitative estimate of drug-likeness (QED) is 0.375. The van der Waals surface area contributed by atoms with Gasteiger partial charge in [-0.1, -0.05) is 19.9 Å². The fourth-order valence-corrected chi connectivity index (χ4v) is 5.03. The molecule has 0 amide bonds. The van der Waals surface area contributed by atoms with Crippen molar-refractivity contribution in [3.05, 3.63) is 36.4 Å². The molecule has 31 heavy (non-hydrogen) atoms. The van der Waals surface area contributed by atoms with Crippen LogP contribution in [0.5, 0.6) is 5.75 Å². The van der Waals surface area contributed by atoms with E-state index < -0.39 is 16.0 Å². The molecule has 1 aliphatic heterocycles. The smallest absolute Gasteiger partial charge is 0.341 e. The van der Waals surface area contributed by atoms with E-state index in [1.807, 2.05) is 13.0 Å². The SMILES string of the molecule is C=CC(C)CC(C)CN(C)S(=O)(=O)c1ccc(OCC2CCOCC2)c(C(=O)OC)c1. The first-order valence-corrected chi connectivity index (χ1v) is 12.1. The van der Waals surface area contributed by atoms with Crippen molar-refractivity contribution in [2.45, 2.75) is 38.0 Å². The van der Waals surface area contributed by atoms with Gasteiger partial charge in [-0.15, -0.1) is 6.58 Å². The molecule has 1 heterocycles. The van der Waals surface area contributed by atoms with Crippen LogP contribution in [0.4, 0.5) is 0 Å². The van der Waals surface area contributed by atoms with Crippen LogP contribution in [-0.2, 0) is 19.5 Å². The number of carbonyl (C=O) groups excluding carboxylic acids is 1. The summed E-state index contributed by atoms with van der Waals surface area (Å²) in [7, 11) is -0.948. The number of benzene rings is 1. The van der Waals surface area contributed by atoms with Gasteiger partial charge in [-0.3, -0.25) is 0 Å². The Hall–Kier alpha value is -1.90. The maximum atomic E-state index is 13.1. The third-order valence-corrected chi connectivity index (χ3v) is 7.44. The van der Waals surface area contributed by atoms with Crippen LogP contribution in [0.3, 0.4) is 0 Å². The molecule has 0 bridgehead atoms. The molecule has 0 aliphatic carbocycles. The van der Waals surface area contributed by atoms with Crippen LogP contribution in [0.1, 0.15) is 43.5 Å². The molecule has 0 N–H and O–H groups in total. The Labute approximate surface area is 186 Å². The lowest BCUT2D eigenvalue weighted by molar-refractivity contribution is 0.0483. The van der Waals surface area contributed by atoms with Gasteiger partial charge in [0.25, 0.3) is 0 Å². The molecule has 0 spiro atoms. The molecule has 8 heteroatoms. The van der Waals surface area contributed by atoms with E-state index in [1.54, 1.807) is 7.05 Å². The zero-order chi connectivity index (χ0) is 23.0. The highest BCUT2D eigenvalue weighted by Gasteiger charge is 2.26. The van der Waals surface area contributed by atoms with Crippen molar-refractivity contribution < 1.29 is 27.4 Å². The lowest BCUT2D eigenvalue weighted by Crippen LogP contribution is -2.31. The molecule has 0 aromatic heterocycles. The normalized spacial score (nSPS) is 17.2. The van der Waals surface area contributed by atoms with Crippen molar-refractivity contribution in [1.29, 1.82) is 0 Å². The summed E-state index contributed by atoms with van der Waals surface area (Å²) >= 11 is 0. The van der Waals surface area contributed by atoms with E-state index in [-0.39, 0.29) is 16.4 Å². The predicted octanol–water partition coefficient (Wildman–Crippen LogP) is 3.75. The third-order valence-electron chi connectivity index (χ3n) is 5.63. The van der Waals surface area contributed by atoms with Crippen LogP contribution in [0.15, 0.2) is 35.7 Å². The summed E-state index contributed by atoms with van der Waals surface area (Å²) in [5.41, 5.74) is 0.109. The summed E-state index contributed by atoms with van der Waals surface area (Å²) in [6.07, 6.45) is 4.50. The Morgan fingerprint density at radius 2 is 2.00 bits per heavy atom. The average molecular weight is 454 g/mol. The summed E-state index contributed by atoms with van der Waals surface area (Å²) in [5, 5.41) is 0. The number of esters is 1. The molecule has 1 aromatic rings. The van der Waals surface area contributed by atoms with Crippen molar-refractivity contribution in [2.75, 3.05) is 40.5 Å². The number of methoxy groups -OCH3 is 1. The Bertz CT molecular complexity index is 848. The Kier molecular flexibility index (Phi) is 9.53. The first-order chi connectivity index (χ1) is 14.7. The number of nitrogens with zero attached hydrogens (tertiary/aromatic N) is 1. The van der Waals surface area contributed by atoms with Crippen LogP contribution in [0.2, 0.25) is 0 Å². The fraction of sp³-hybridized carbons (Fsp3) is 0.609. The number of hydrogen-bond acceptors (Lipinski definition) is 6. The minimum Gasteiger partial charge on any atom is -0.492 e. The van der Waals surface area contributed by atoms with Gasteiger partial charge >= 0.3 is 5.97 Å². The molecule has 1 saturated heterocycles. The molecule has 2 unspecified atom stereocenters. The zero-order valence-electron chi connectivity index (χ0n) is 19.0. The largest absolute Gasteiger partial charge is 0.492 e.